The fourth-order valence-corrected chi connectivity index (χ4v) is 5.39. The molecule has 174 valence electrons. The van der Waals surface area contributed by atoms with Gasteiger partial charge in [-0.05, 0) is 50.1 Å². The van der Waals surface area contributed by atoms with Crippen molar-refractivity contribution in [2.24, 2.45) is 0 Å². The fourth-order valence-electron chi connectivity index (χ4n) is 4.12. The van der Waals surface area contributed by atoms with E-state index in [4.69, 9.17) is 26.8 Å². The molecule has 1 atom stereocenters. The van der Waals surface area contributed by atoms with Crippen molar-refractivity contribution in [2.45, 2.75) is 25.9 Å². The lowest BCUT2D eigenvalue weighted by atomic mass is 10.1. The van der Waals surface area contributed by atoms with Gasteiger partial charge in [-0.3, -0.25) is 9.69 Å². The number of thioether (sulfide) groups is 1. The Labute approximate surface area is 208 Å². The Hall–Kier alpha value is -2.94. The molecule has 34 heavy (non-hydrogen) atoms. The smallest absolute Gasteiger partial charge is 0.266 e. The number of benzene rings is 2. The van der Waals surface area contributed by atoms with Crippen LogP contribution in [0.5, 0.6) is 5.75 Å². The number of ether oxygens (including phenoxy) is 2. The third-order valence-corrected chi connectivity index (χ3v) is 7.13. The molecule has 0 saturated carbocycles. The molecule has 0 aliphatic carbocycles. The predicted molar refractivity (Wildman–Crippen MR) is 139 cm³/mol. The van der Waals surface area contributed by atoms with E-state index in [0.29, 0.717) is 22.4 Å². The molecule has 0 radical (unpaired) electrons. The first-order chi connectivity index (χ1) is 16.6. The SMILES string of the molecule is CCOc1cccc(-c2nn(-c3ccccc3)cc2/C=C2\SC(=S)N(C[C@@H]3CCCO3)C2=O)c1. The summed E-state index contributed by atoms with van der Waals surface area (Å²) in [6.45, 7) is 3.80. The van der Waals surface area contributed by atoms with Crippen LogP contribution >= 0.6 is 24.0 Å². The van der Waals surface area contributed by atoms with Crippen LogP contribution in [0.3, 0.4) is 0 Å². The molecule has 2 saturated heterocycles. The molecule has 0 unspecified atom stereocenters. The highest BCUT2D eigenvalue weighted by Crippen LogP contribution is 2.36. The van der Waals surface area contributed by atoms with Gasteiger partial charge in [-0.25, -0.2) is 4.68 Å². The van der Waals surface area contributed by atoms with Crippen molar-refractivity contribution < 1.29 is 14.3 Å². The van der Waals surface area contributed by atoms with E-state index in [1.165, 1.54) is 11.8 Å². The van der Waals surface area contributed by atoms with Gasteiger partial charge in [-0.1, -0.05) is 54.3 Å². The average Bonchev–Trinajstić information content (AvgIpc) is 3.58. The molecule has 2 aromatic carbocycles. The number of carbonyl (C=O) groups is 1. The lowest BCUT2D eigenvalue weighted by Crippen LogP contribution is -2.35. The summed E-state index contributed by atoms with van der Waals surface area (Å²) in [5.41, 5.74) is 3.47. The number of amides is 1. The second kappa shape index (κ2) is 10.1. The molecule has 1 aromatic heterocycles. The molecule has 0 spiro atoms. The van der Waals surface area contributed by atoms with Crippen LogP contribution in [0, 0.1) is 0 Å². The molecule has 0 bridgehead atoms. The number of aromatic nitrogens is 2. The van der Waals surface area contributed by atoms with Crippen molar-refractivity contribution in [2.75, 3.05) is 19.8 Å². The lowest BCUT2D eigenvalue weighted by Gasteiger charge is -2.18. The number of rotatable bonds is 7. The quantitative estimate of drug-likeness (QED) is 0.329. The Bertz CT molecular complexity index is 1230. The maximum Gasteiger partial charge on any atom is 0.266 e. The monoisotopic (exact) mass is 491 g/mol. The summed E-state index contributed by atoms with van der Waals surface area (Å²) < 4.78 is 13.8. The van der Waals surface area contributed by atoms with Gasteiger partial charge in [0.15, 0.2) is 0 Å². The second-order valence-corrected chi connectivity index (χ2v) is 9.78. The van der Waals surface area contributed by atoms with Gasteiger partial charge in [0.2, 0.25) is 0 Å². The molecule has 8 heteroatoms. The van der Waals surface area contributed by atoms with E-state index in [1.807, 2.05) is 78.5 Å². The first-order valence-corrected chi connectivity index (χ1v) is 12.6. The zero-order valence-electron chi connectivity index (χ0n) is 18.8. The van der Waals surface area contributed by atoms with Gasteiger partial charge in [0.1, 0.15) is 15.8 Å². The number of hydrogen-bond acceptors (Lipinski definition) is 6. The summed E-state index contributed by atoms with van der Waals surface area (Å²) in [6.07, 6.45) is 5.88. The molecule has 2 aliphatic rings. The van der Waals surface area contributed by atoms with Crippen molar-refractivity contribution in [1.29, 1.82) is 0 Å². The Morgan fingerprint density at radius 3 is 2.85 bits per heavy atom. The van der Waals surface area contributed by atoms with Crippen LogP contribution in [0.15, 0.2) is 65.7 Å². The highest BCUT2D eigenvalue weighted by molar-refractivity contribution is 8.26. The number of carbonyl (C=O) groups excluding carboxylic acids is 1. The molecule has 5 rings (SSSR count). The minimum Gasteiger partial charge on any atom is -0.494 e. The number of hydrogen-bond donors (Lipinski definition) is 0. The molecule has 2 fully saturated rings. The van der Waals surface area contributed by atoms with Crippen LogP contribution in [0.2, 0.25) is 0 Å². The van der Waals surface area contributed by atoms with Gasteiger partial charge in [0.05, 0.1) is 29.8 Å². The summed E-state index contributed by atoms with van der Waals surface area (Å²) in [5, 5.41) is 4.87. The molecule has 3 aromatic rings. The van der Waals surface area contributed by atoms with Crippen LogP contribution in [-0.2, 0) is 9.53 Å². The van der Waals surface area contributed by atoms with E-state index in [-0.39, 0.29) is 12.0 Å². The number of thiocarbonyl (C=S) groups is 1. The van der Waals surface area contributed by atoms with E-state index in [1.54, 1.807) is 4.90 Å². The highest BCUT2D eigenvalue weighted by atomic mass is 32.2. The van der Waals surface area contributed by atoms with Gasteiger partial charge < -0.3 is 9.47 Å². The van der Waals surface area contributed by atoms with Crippen molar-refractivity contribution in [3.63, 3.8) is 0 Å². The van der Waals surface area contributed by atoms with E-state index in [0.717, 1.165) is 47.7 Å². The molecule has 3 heterocycles. The maximum absolute atomic E-state index is 13.2. The Morgan fingerprint density at radius 2 is 2.09 bits per heavy atom. The first kappa shape index (κ1) is 22.8. The normalized spacial score (nSPS) is 19.4. The first-order valence-electron chi connectivity index (χ1n) is 11.4. The zero-order chi connectivity index (χ0) is 23.5. The summed E-state index contributed by atoms with van der Waals surface area (Å²) >= 11 is 6.87. The predicted octanol–water partition coefficient (Wildman–Crippen LogP) is 5.32. The summed E-state index contributed by atoms with van der Waals surface area (Å²) in [5.74, 6) is 0.704. The van der Waals surface area contributed by atoms with Crippen LogP contribution in [0.1, 0.15) is 25.3 Å². The van der Waals surface area contributed by atoms with E-state index >= 15 is 0 Å². The molecular weight excluding hydrogens is 466 g/mol. The van der Waals surface area contributed by atoms with Gasteiger partial charge >= 0.3 is 0 Å². The standard InChI is InChI=1S/C26H25N3O3S2/c1-2-31-21-11-6-8-18(14-21)24-19(16-29(27-24)20-9-4-3-5-10-20)15-23-25(30)28(26(33)34-23)17-22-12-7-13-32-22/h3-6,8-11,14-16,22H,2,7,12-13,17H2,1H3/b23-15-/t22-/m0/s1. The van der Waals surface area contributed by atoms with Gasteiger partial charge in [0, 0.05) is 23.9 Å². The minimum atomic E-state index is -0.0769. The fraction of sp³-hybridized carbons (Fsp3) is 0.269. The largest absolute Gasteiger partial charge is 0.494 e. The highest BCUT2D eigenvalue weighted by Gasteiger charge is 2.35. The lowest BCUT2D eigenvalue weighted by molar-refractivity contribution is -0.123. The number of para-hydroxylation sites is 1. The van der Waals surface area contributed by atoms with E-state index in [9.17, 15) is 4.79 Å². The zero-order valence-corrected chi connectivity index (χ0v) is 20.5. The van der Waals surface area contributed by atoms with Crippen LogP contribution < -0.4 is 4.74 Å². The number of nitrogens with zero attached hydrogens (tertiary/aromatic N) is 3. The van der Waals surface area contributed by atoms with Crippen molar-refractivity contribution >= 4 is 40.3 Å². The topological polar surface area (TPSA) is 56.6 Å². The van der Waals surface area contributed by atoms with E-state index < -0.39 is 0 Å². The van der Waals surface area contributed by atoms with Gasteiger partial charge in [-0.15, -0.1) is 0 Å². The third-order valence-electron chi connectivity index (χ3n) is 5.75. The van der Waals surface area contributed by atoms with Gasteiger partial charge in [-0.2, -0.15) is 5.10 Å². The molecular formula is C26H25N3O3S2. The van der Waals surface area contributed by atoms with Gasteiger partial charge in [0.25, 0.3) is 5.91 Å². The molecule has 6 nitrogen and oxygen atoms in total. The molecule has 0 N–H and O–H groups in total. The molecule has 1 amide bonds. The summed E-state index contributed by atoms with van der Waals surface area (Å²) in [4.78, 5) is 15.5. The molecule has 2 aliphatic heterocycles. The van der Waals surface area contributed by atoms with Crippen LogP contribution in [-0.4, -0.2) is 50.8 Å². The van der Waals surface area contributed by atoms with Crippen molar-refractivity contribution in [3.8, 4) is 22.7 Å². The minimum absolute atomic E-state index is 0.0551. The Balaban J connectivity index is 1.52. The van der Waals surface area contributed by atoms with E-state index in [2.05, 4.69) is 0 Å². The van der Waals surface area contributed by atoms with Crippen molar-refractivity contribution in [1.82, 2.24) is 14.7 Å². The second-order valence-electron chi connectivity index (χ2n) is 8.10. The third kappa shape index (κ3) is 4.80. The Morgan fingerprint density at radius 1 is 1.24 bits per heavy atom. The van der Waals surface area contributed by atoms with Crippen LogP contribution in [0.4, 0.5) is 0 Å². The average molecular weight is 492 g/mol. The Kier molecular flexibility index (Phi) is 6.80. The maximum atomic E-state index is 13.2. The summed E-state index contributed by atoms with van der Waals surface area (Å²) in [7, 11) is 0. The van der Waals surface area contributed by atoms with Crippen LogP contribution in [0.25, 0.3) is 23.0 Å². The summed E-state index contributed by atoms with van der Waals surface area (Å²) in [6, 6.07) is 17.8. The van der Waals surface area contributed by atoms with Crippen molar-refractivity contribution in [3.05, 3.63) is 71.3 Å².